The molecule has 1 aromatic carbocycles. The van der Waals surface area contributed by atoms with Gasteiger partial charge in [-0.25, -0.2) is 0 Å². The van der Waals surface area contributed by atoms with Crippen LogP contribution in [0.15, 0.2) is 34.7 Å². The standard InChI is InChI=1S/C18H25NO2/c1-5-19-17(18-9-8-16(21-18)12-20-4)11-15-7-6-13(2)14(3)10-15/h6-10,17,19H,5,11-12H2,1-4H3. The molecule has 1 atom stereocenters. The molecule has 1 unspecified atom stereocenters. The normalized spacial score (nSPS) is 12.6. The van der Waals surface area contributed by atoms with E-state index in [2.05, 4.69) is 44.3 Å². The van der Waals surface area contributed by atoms with E-state index < -0.39 is 0 Å². The monoisotopic (exact) mass is 287 g/mol. The van der Waals surface area contributed by atoms with Crippen LogP contribution in [-0.4, -0.2) is 13.7 Å². The second kappa shape index (κ2) is 7.43. The number of aryl methyl sites for hydroxylation is 2. The smallest absolute Gasteiger partial charge is 0.129 e. The number of benzene rings is 1. The number of hydrogen-bond acceptors (Lipinski definition) is 3. The Bertz CT molecular complexity index is 574. The molecule has 21 heavy (non-hydrogen) atoms. The molecule has 0 aliphatic rings. The second-order valence-corrected chi connectivity index (χ2v) is 5.47. The molecule has 0 bridgehead atoms. The number of rotatable bonds is 7. The summed E-state index contributed by atoms with van der Waals surface area (Å²) in [4.78, 5) is 0. The van der Waals surface area contributed by atoms with Gasteiger partial charge in [0.05, 0.1) is 6.04 Å². The Morgan fingerprint density at radius 3 is 2.62 bits per heavy atom. The molecule has 0 radical (unpaired) electrons. The van der Waals surface area contributed by atoms with Gasteiger partial charge in [-0.1, -0.05) is 25.1 Å². The minimum Gasteiger partial charge on any atom is -0.462 e. The number of likely N-dealkylation sites (N-methyl/N-ethyl adjacent to an activating group) is 1. The Kier molecular flexibility index (Phi) is 5.59. The first-order valence-corrected chi connectivity index (χ1v) is 7.51. The lowest BCUT2D eigenvalue weighted by molar-refractivity contribution is 0.161. The molecule has 0 fully saturated rings. The summed E-state index contributed by atoms with van der Waals surface area (Å²) in [5.74, 6) is 1.85. The van der Waals surface area contributed by atoms with Crippen molar-refractivity contribution < 1.29 is 9.15 Å². The summed E-state index contributed by atoms with van der Waals surface area (Å²) in [6, 6.07) is 10.9. The van der Waals surface area contributed by atoms with Crippen LogP contribution in [-0.2, 0) is 17.8 Å². The van der Waals surface area contributed by atoms with Crippen LogP contribution in [0, 0.1) is 13.8 Å². The molecular formula is C18H25NO2. The fourth-order valence-electron chi connectivity index (χ4n) is 2.49. The Morgan fingerprint density at radius 2 is 1.95 bits per heavy atom. The molecule has 0 saturated heterocycles. The van der Waals surface area contributed by atoms with Gasteiger partial charge in [-0.2, -0.15) is 0 Å². The highest BCUT2D eigenvalue weighted by Gasteiger charge is 2.15. The topological polar surface area (TPSA) is 34.4 Å². The van der Waals surface area contributed by atoms with E-state index in [1.54, 1.807) is 7.11 Å². The average Bonchev–Trinajstić information content (AvgIpc) is 2.91. The predicted octanol–water partition coefficient (Wildman–Crippen LogP) is 3.94. The lowest BCUT2D eigenvalue weighted by Gasteiger charge is -2.16. The molecule has 0 saturated carbocycles. The van der Waals surface area contributed by atoms with Gasteiger partial charge in [0.15, 0.2) is 0 Å². The molecule has 0 aliphatic carbocycles. The molecule has 3 heteroatoms. The van der Waals surface area contributed by atoms with Crippen LogP contribution in [0.3, 0.4) is 0 Å². The summed E-state index contributed by atoms with van der Waals surface area (Å²) in [6.07, 6.45) is 0.925. The van der Waals surface area contributed by atoms with E-state index in [0.29, 0.717) is 6.61 Å². The summed E-state index contributed by atoms with van der Waals surface area (Å²) in [6.45, 7) is 7.85. The fourth-order valence-corrected chi connectivity index (χ4v) is 2.49. The SMILES string of the molecule is CCNC(Cc1ccc(C)c(C)c1)c1ccc(COC)o1. The van der Waals surface area contributed by atoms with Gasteiger partial charge in [0.25, 0.3) is 0 Å². The third kappa shape index (κ3) is 4.19. The van der Waals surface area contributed by atoms with Gasteiger partial charge in [-0.05, 0) is 55.6 Å². The van der Waals surface area contributed by atoms with E-state index in [1.807, 2.05) is 12.1 Å². The zero-order valence-corrected chi connectivity index (χ0v) is 13.4. The van der Waals surface area contributed by atoms with Crippen molar-refractivity contribution in [2.24, 2.45) is 0 Å². The van der Waals surface area contributed by atoms with Crippen LogP contribution in [0.25, 0.3) is 0 Å². The Balaban J connectivity index is 2.15. The summed E-state index contributed by atoms with van der Waals surface area (Å²) >= 11 is 0. The molecule has 2 aromatic rings. The van der Waals surface area contributed by atoms with Crippen LogP contribution >= 0.6 is 0 Å². The van der Waals surface area contributed by atoms with Gasteiger partial charge in [-0.3, -0.25) is 0 Å². The summed E-state index contributed by atoms with van der Waals surface area (Å²) in [5, 5.41) is 3.50. The maximum atomic E-state index is 5.88. The summed E-state index contributed by atoms with van der Waals surface area (Å²) in [5.41, 5.74) is 4.00. The molecule has 2 rings (SSSR count). The molecule has 0 spiro atoms. The quantitative estimate of drug-likeness (QED) is 0.837. The van der Waals surface area contributed by atoms with Crippen molar-refractivity contribution in [2.75, 3.05) is 13.7 Å². The lowest BCUT2D eigenvalue weighted by atomic mass is 10.00. The Hall–Kier alpha value is -1.58. The van der Waals surface area contributed by atoms with Crippen molar-refractivity contribution in [3.63, 3.8) is 0 Å². The number of furan rings is 1. The number of methoxy groups -OCH3 is 1. The minimum absolute atomic E-state index is 0.197. The first-order chi connectivity index (χ1) is 10.1. The van der Waals surface area contributed by atoms with Crippen molar-refractivity contribution in [1.82, 2.24) is 5.32 Å². The second-order valence-electron chi connectivity index (χ2n) is 5.47. The number of ether oxygens (including phenoxy) is 1. The van der Waals surface area contributed by atoms with Crippen LogP contribution in [0.4, 0.5) is 0 Å². The third-order valence-corrected chi connectivity index (χ3v) is 3.77. The van der Waals surface area contributed by atoms with Gasteiger partial charge < -0.3 is 14.5 Å². The summed E-state index contributed by atoms with van der Waals surface area (Å²) in [7, 11) is 1.68. The van der Waals surface area contributed by atoms with Crippen LogP contribution in [0.5, 0.6) is 0 Å². The van der Waals surface area contributed by atoms with Gasteiger partial charge >= 0.3 is 0 Å². The van der Waals surface area contributed by atoms with E-state index in [0.717, 1.165) is 24.5 Å². The van der Waals surface area contributed by atoms with E-state index in [9.17, 15) is 0 Å². The number of hydrogen-bond donors (Lipinski definition) is 1. The van der Waals surface area contributed by atoms with E-state index >= 15 is 0 Å². The van der Waals surface area contributed by atoms with Crippen molar-refractivity contribution in [2.45, 2.75) is 39.8 Å². The van der Waals surface area contributed by atoms with Gasteiger partial charge in [-0.15, -0.1) is 0 Å². The van der Waals surface area contributed by atoms with Gasteiger partial charge in [0, 0.05) is 7.11 Å². The van der Waals surface area contributed by atoms with Crippen molar-refractivity contribution >= 4 is 0 Å². The van der Waals surface area contributed by atoms with Crippen molar-refractivity contribution in [1.29, 1.82) is 0 Å². The first-order valence-electron chi connectivity index (χ1n) is 7.51. The molecule has 1 aromatic heterocycles. The molecular weight excluding hydrogens is 262 g/mol. The maximum absolute atomic E-state index is 5.88. The summed E-state index contributed by atoms with van der Waals surface area (Å²) < 4.78 is 11.0. The molecule has 3 nitrogen and oxygen atoms in total. The minimum atomic E-state index is 0.197. The van der Waals surface area contributed by atoms with Crippen molar-refractivity contribution in [3.05, 3.63) is 58.5 Å². The Morgan fingerprint density at radius 1 is 1.14 bits per heavy atom. The highest BCUT2D eigenvalue weighted by atomic mass is 16.5. The molecule has 0 amide bonds. The highest BCUT2D eigenvalue weighted by Crippen LogP contribution is 2.22. The molecule has 1 heterocycles. The third-order valence-electron chi connectivity index (χ3n) is 3.77. The molecule has 1 N–H and O–H groups in total. The largest absolute Gasteiger partial charge is 0.462 e. The van der Waals surface area contributed by atoms with Gasteiger partial charge in [0.2, 0.25) is 0 Å². The molecule has 0 aliphatic heterocycles. The van der Waals surface area contributed by atoms with E-state index in [4.69, 9.17) is 9.15 Å². The first kappa shape index (κ1) is 15.8. The molecule has 114 valence electrons. The van der Waals surface area contributed by atoms with Crippen molar-refractivity contribution in [3.8, 4) is 0 Å². The number of nitrogens with one attached hydrogen (secondary N) is 1. The average molecular weight is 287 g/mol. The van der Waals surface area contributed by atoms with E-state index in [1.165, 1.54) is 16.7 Å². The van der Waals surface area contributed by atoms with Crippen LogP contribution in [0.2, 0.25) is 0 Å². The highest BCUT2D eigenvalue weighted by molar-refractivity contribution is 5.31. The van der Waals surface area contributed by atoms with Crippen LogP contribution < -0.4 is 5.32 Å². The van der Waals surface area contributed by atoms with Crippen LogP contribution in [0.1, 0.15) is 41.2 Å². The maximum Gasteiger partial charge on any atom is 0.129 e. The predicted molar refractivity (Wildman–Crippen MR) is 85.5 cm³/mol. The van der Waals surface area contributed by atoms with Gasteiger partial charge in [0.1, 0.15) is 18.1 Å². The zero-order valence-electron chi connectivity index (χ0n) is 13.4. The Labute approximate surface area is 127 Å². The zero-order chi connectivity index (χ0) is 15.2. The van der Waals surface area contributed by atoms with E-state index in [-0.39, 0.29) is 6.04 Å². The fraction of sp³-hybridized carbons (Fsp3) is 0.444. The lowest BCUT2D eigenvalue weighted by Crippen LogP contribution is -2.22.